The Hall–Kier alpha value is -1.47. The third kappa shape index (κ3) is 2.51. The van der Waals surface area contributed by atoms with Crippen LogP contribution in [0.3, 0.4) is 0 Å². The number of nitrogens with one attached hydrogen (secondary N) is 1. The molecule has 0 aliphatic carbocycles. The van der Waals surface area contributed by atoms with Gasteiger partial charge in [-0.3, -0.25) is 5.41 Å². The van der Waals surface area contributed by atoms with E-state index in [1.807, 2.05) is 36.1 Å². The summed E-state index contributed by atoms with van der Waals surface area (Å²) >= 11 is 3.04. The number of hydrogen-bond acceptors (Lipinski definition) is 5. The van der Waals surface area contributed by atoms with Gasteiger partial charge in [-0.25, -0.2) is 0 Å². The van der Waals surface area contributed by atoms with E-state index in [1.165, 1.54) is 11.8 Å². The Balaban J connectivity index is 2.44. The van der Waals surface area contributed by atoms with Crippen molar-refractivity contribution in [3.05, 3.63) is 30.1 Å². The number of aromatic nitrogens is 3. The van der Waals surface area contributed by atoms with Crippen molar-refractivity contribution in [2.75, 3.05) is 6.26 Å². The number of nitrogen functional groups attached to an aromatic ring is 1. The molecule has 0 amide bonds. The fraction of sp³-hybridized carbons (Fsp3) is 0.182. The SMILES string of the molecule is CSc1cccc(Sc2nncn2C)c1C(=N)N. The van der Waals surface area contributed by atoms with Gasteiger partial charge in [0, 0.05) is 22.4 Å². The van der Waals surface area contributed by atoms with Crippen LogP contribution in [0.5, 0.6) is 0 Å². The monoisotopic (exact) mass is 279 g/mol. The van der Waals surface area contributed by atoms with E-state index in [4.69, 9.17) is 11.1 Å². The van der Waals surface area contributed by atoms with Gasteiger partial charge in [-0.15, -0.1) is 22.0 Å². The molecule has 0 aliphatic heterocycles. The van der Waals surface area contributed by atoms with Gasteiger partial charge in [0.1, 0.15) is 12.2 Å². The molecular weight excluding hydrogens is 266 g/mol. The molecule has 0 aliphatic rings. The Morgan fingerprint density at radius 1 is 1.39 bits per heavy atom. The number of thioether (sulfide) groups is 1. The van der Waals surface area contributed by atoms with Gasteiger partial charge in [0.05, 0.1) is 0 Å². The van der Waals surface area contributed by atoms with Crippen molar-refractivity contribution in [1.29, 1.82) is 5.41 Å². The standard InChI is InChI=1S/C11H13N5S2/c1-16-6-14-15-11(16)18-8-5-3-4-7(17-2)9(8)10(12)13/h3-6H,1-2H3,(H3,12,13). The molecule has 0 bridgehead atoms. The van der Waals surface area contributed by atoms with Gasteiger partial charge in [0.15, 0.2) is 5.16 Å². The number of rotatable bonds is 4. The first-order valence-electron chi connectivity index (χ1n) is 5.16. The van der Waals surface area contributed by atoms with E-state index >= 15 is 0 Å². The molecule has 2 aromatic rings. The topological polar surface area (TPSA) is 80.6 Å². The first-order chi connectivity index (χ1) is 8.63. The van der Waals surface area contributed by atoms with Crippen molar-refractivity contribution >= 4 is 29.4 Å². The second kappa shape index (κ2) is 5.45. The molecule has 0 fully saturated rings. The molecule has 1 aromatic heterocycles. The van der Waals surface area contributed by atoms with Gasteiger partial charge in [-0.2, -0.15) is 0 Å². The number of nitrogens with two attached hydrogens (primary N) is 1. The zero-order valence-corrected chi connectivity index (χ0v) is 11.7. The minimum Gasteiger partial charge on any atom is -0.384 e. The Kier molecular flexibility index (Phi) is 3.93. The van der Waals surface area contributed by atoms with Crippen molar-refractivity contribution in [1.82, 2.24) is 14.8 Å². The molecular formula is C11H13N5S2. The molecule has 0 radical (unpaired) electrons. The molecule has 94 valence electrons. The highest BCUT2D eigenvalue weighted by Crippen LogP contribution is 2.33. The summed E-state index contributed by atoms with van der Waals surface area (Å²) in [5.41, 5.74) is 6.43. The van der Waals surface area contributed by atoms with Crippen molar-refractivity contribution in [3.8, 4) is 0 Å². The third-order valence-corrected chi connectivity index (χ3v) is 4.24. The molecule has 3 N–H and O–H groups in total. The molecule has 0 spiro atoms. The third-order valence-electron chi connectivity index (χ3n) is 2.35. The lowest BCUT2D eigenvalue weighted by atomic mass is 10.2. The Labute approximate surface area is 114 Å². The van der Waals surface area contributed by atoms with Gasteiger partial charge < -0.3 is 10.3 Å². The molecule has 1 aromatic carbocycles. The molecule has 5 nitrogen and oxygen atoms in total. The predicted octanol–water partition coefficient (Wildman–Crippen LogP) is 1.97. The van der Waals surface area contributed by atoms with E-state index in [-0.39, 0.29) is 5.84 Å². The van der Waals surface area contributed by atoms with Crippen molar-refractivity contribution in [2.45, 2.75) is 14.9 Å². The van der Waals surface area contributed by atoms with Gasteiger partial charge >= 0.3 is 0 Å². The first-order valence-corrected chi connectivity index (χ1v) is 7.21. The summed E-state index contributed by atoms with van der Waals surface area (Å²) in [5, 5.41) is 16.3. The highest BCUT2D eigenvalue weighted by Gasteiger charge is 2.13. The second-order valence-corrected chi connectivity index (χ2v) is 5.43. The summed E-state index contributed by atoms with van der Waals surface area (Å²) in [4.78, 5) is 1.92. The number of nitrogens with zero attached hydrogens (tertiary/aromatic N) is 3. The van der Waals surface area contributed by atoms with E-state index in [0.29, 0.717) is 0 Å². The van der Waals surface area contributed by atoms with Crippen LogP contribution in [-0.4, -0.2) is 26.9 Å². The van der Waals surface area contributed by atoms with Crippen LogP contribution in [0.2, 0.25) is 0 Å². The molecule has 0 saturated carbocycles. The highest BCUT2D eigenvalue weighted by molar-refractivity contribution is 7.99. The second-order valence-electron chi connectivity index (χ2n) is 3.57. The van der Waals surface area contributed by atoms with Crippen LogP contribution in [0.25, 0.3) is 0 Å². The zero-order chi connectivity index (χ0) is 13.1. The van der Waals surface area contributed by atoms with E-state index in [9.17, 15) is 0 Å². The minimum atomic E-state index is 0.0737. The van der Waals surface area contributed by atoms with Gasteiger partial charge in [0.2, 0.25) is 0 Å². The van der Waals surface area contributed by atoms with Crippen LogP contribution in [0.4, 0.5) is 0 Å². The summed E-state index contributed by atoms with van der Waals surface area (Å²) < 4.78 is 1.83. The average Bonchev–Trinajstić information content (AvgIpc) is 2.74. The minimum absolute atomic E-state index is 0.0737. The van der Waals surface area contributed by atoms with Gasteiger partial charge in [0.25, 0.3) is 0 Å². The molecule has 7 heteroatoms. The smallest absolute Gasteiger partial charge is 0.195 e. The highest BCUT2D eigenvalue weighted by atomic mass is 32.2. The van der Waals surface area contributed by atoms with Crippen molar-refractivity contribution in [3.63, 3.8) is 0 Å². The molecule has 1 heterocycles. The lowest BCUT2D eigenvalue weighted by Gasteiger charge is -2.11. The molecule has 0 atom stereocenters. The van der Waals surface area contributed by atoms with Crippen molar-refractivity contribution < 1.29 is 0 Å². The van der Waals surface area contributed by atoms with Gasteiger partial charge in [-0.1, -0.05) is 6.07 Å². The average molecular weight is 279 g/mol. The Bertz CT molecular complexity index is 579. The summed E-state index contributed by atoms with van der Waals surface area (Å²) in [6.07, 6.45) is 3.62. The molecule has 2 rings (SSSR count). The summed E-state index contributed by atoms with van der Waals surface area (Å²) in [6.45, 7) is 0. The Morgan fingerprint density at radius 3 is 2.67 bits per heavy atom. The lowest BCUT2D eigenvalue weighted by molar-refractivity contribution is 0.788. The van der Waals surface area contributed by atoms with Gasteiger partial charge in [-0.05, 0) is 30.2 Å². The zero-order valence-electron chi connectivity index (χ0n) is 10.0. The summed E-state index contributed by atoms with van der Waals surface area (Å²) in [5.74, 6) is 0.0737. The largest absolute Gasteiger partial charge is 0.384 e. The predicted molar refractivity (Wildman–Crippen MR) is 74.4 cm³/mol. The summed E-state index contributed by atoms with van der Waals surface area (Å²) in [6, 6.07) is 5.86. The maximum absolute atomic E-state index is 7.71. The normalized spacial score (nSPS) is 10.6. The fourth-order valence-corrected chi connectivity index (χ4v) is 3.14. The molecule has 0 saturated heterocycles. The number of hydrogen-bond donors (Lipinski definition) is 2. The number of aryl methyl sites for hydroxylation is 1. The maximum atomic E-state index is 7.71. The molecule has 0 unspecified atom stereocenters. The van der Waals surface area contributed by atoms with Crippen LogP contribution >= 0.6 is 23.5 Å². The quantitative estimate of drug-likeness (QED) is 0.508. The molecule has 18 heavy (non-hydrogen) atoms. The van der Waals surface area contributed by atoms with Crippen LogP contribution < -0.4 is 5.73 Å². The van der Waals surface area contributed by atoms with Crippen LogP contribution in [-0.2, 0) is 7.05 Å². The van der Waals surface area contributed by atoms with E-state index in [0.717, 1.165) is 20.5 Å². The summed E-state index contributed by atoms with van der Waals surface area (Å²) in [7, 11) is 1.88. The van der Waals surface area contributed by atoms with E-state index < -0.39 is 0 Å². The van der Waals surface area contributed by atoms with E-state index in [2.05, 4.69) is 10.2 Å². The Morgan fingerprint density at radius 2 is 2.11 bits per heavy atom. The maximum Gasteiger partial charge on any atom is 0.195 e. The number of benzene rings is 1. The van der Waals surface area contributed by atoms with E-state index in [1.54, 1.807) is 18.1 Å². The fourth-order valence-electron chi connectivity index (χ4n) is 1.49. The van der Waals surface area contributed by atoms with Crippen LogP contribution in [0.1, 0.15) is 5.56 Å². The van der Waals surface area contributed by atoms with Crippen LogP contribution in [0, 0.1) is 5.41 Å². The van der Waals surface area contributed by atoms with Crippen LogP contribution in [0.15, 0.2) is 39.5 Å². The first kappa shape index (κ1) is 13.0. The lowest BCUT2D eigenvalue weighted by Crippen LogP contribution is -2.13. The van der Waals surface area contributed by atoms with Crippen molar-refractivity contribution in [2.24, 2.45) is 12.8 Å². The number of amidine groups is 1.